The van der Waals surface area contributed by atoms with Crippen molar-refractivity contribution >= 4 is 12.0 Å². The van der Waals surface area contributed by atoms with Crippen LogP contribution in [0.1, 0.15) is 50.5 Å². The Labute approximate surface area is 167 Å². The molecule has 1 aromatic carbocycles. The number of likely N-dealkylation sites (tertiary alicyclic amines) is 3. The highest BCUT2D eigenvalue weighted by Crippen LogP contribution is 2.37. The van der Waals surface area contributed by atoms with Crippen LogP contribution in [0, 0.1) is 0 Å². The summed E-state index contributed by atoms with van der Waals surface area (Å²) in [6.07, 6.45) is 6.55. The lowest BCUT2D eigenvalue weighted by molar-refractivity contribution is -0.156. The van der Waals surface area contributed by atoms with Crippen LogP contribution in [0.3, 0.4) is 0 Å². The Morgan fingerprint density at radius 2 is 1.61 bits per heavy atom. The molecular weight excluding hydrogens is 354 g/mol. The maximum Gasteiger partial charge on any atom is 0.410 e. The Morgan fingerprint density at radius 1 is 0.929 bits per heavy atom. The van der Waals surface area contributed by atoms with E-state index in [4.69, 9.17) is 4.74 Å². The number of carbonyl (C=O) groups excluding carboxylic acids is 2. The van der Waals surface area contributed by atoms with E-state index in [1.165, 1.54) is 12.8 Å². The molecule has 3 aliphatic heterocycles. The summed E-state index contributed by atoms with van der Waals surface area (Å²) < 4.78 is 5.52. The molecule has 0 aliphatic carbocycles. The summed E-state index contributed by atoms with van der Waals surface area (Å²) in [6, 6.07) is 9.78. The van der Waals surface area contributed by atoms with E-state index in [0.717, 1.165) is 50.9 Å². The number of amides is 2. The van der Waals surface area contributed by atoms with Gasteiger partial charge in [-0.25, -0.2) is 4.79 Å². The molecule has 0 unspecified atom stereocenters. The van der Waals surface area contributed by atoms with Crippen LogP contribution in [0.4, 0.5) is 4.79 Å². The van der Waals surface area contributed by atoms with Gasteiger partial charge in [-0.15, -0.1) is 0 Å². The first-order chi connectivity index (χ1) is 13.7. The third-order valence-corrected chi connectivity index (χ3v) is 6.55. The first-order valence-electron chi connectivity index (χ1n) is 10.7. The molecule has 2 amide bonds. The van der Waals surface area contributed by atoms with Gasteiger partial charge in [0.1, 0.15) is 6.61 Å². The van der Waals surface area contributed by atoms with E-state index in [-0.39, 0.29) is 11.8 Å². The quantitative estimate of drug-likeness (QED) is 0.799. The van der Waals surface area contributed by atoms with Gasteiger partial charge in [0, 0.05) is 52.0 Å². The number of ether oxygens (including phenoxy) is 1. The molecule has 0 bridgehead atoms. The van der Waals surface area contributed by atoms with Gasteiger partial charge >= 0.3 is 6.09 Å². The molecule has 3 saturated heterocycles. The zero-order valence-corrected chi connectivity index (χ0v) is 16.6. The van der Waals surface area contributed by atoms with Crippen LogP contribution in [0.25, 0.3) is 0 Å². The van der Waals surface area contributed by atoms with E-state index >= 15 is 0 Å². The van der Waals surface area contributed by atoms with Crippen LogP contribution in [0.5, 0.6) is 0 Å². The van der Waals surface area contributed by atoms with Crippen molar-refractivity contribution in [2.45, 2.75) is 57.2 Å². The molecule has 3 heterocycles. The van der Waals surface area contributed by atoms with Crippen molar-refractivity contribution in [2.24, 2.45) is 0 Å². The van der Waals surface area contributed by atoms with Crippen LogP contribution < -0.4 is 0 Å². The van der Waals surface area contributed by atoms with E-state index < -0.39 is 0 Å². The molecule has 6 nitrogen and oxygen atoms in total. The van der Waals surface area contributed by atoms with Crippen molar-refractivity contribution in [3.05, 3.63) is 35.9 Å². The number of piperidine rings is 2. The monoisotopic (exact) mass is 385 g/mol. The molecule has 0 radical (unpaired) electrons. The van der Waals surface area contributed by atoms with Crippen molar-refractivity contribution in [3.8, 4) is 0 Å². The molecule has 0 saturated carbocycles. The van der Waals surface area contributed by atoms with Crippen LogP contribution in [-0.2, 0) is 16.1 Å². The van der Waals surface area contributed by atoms with Gasteiger partial charge in [-0.1, -0.05) is 30.3 Å². The first kappa shape index (κ1) is 19.2. The molecule has 152 valence electrons. The molecule has 3 fully saturated rings. The van der Waals surface area contributed by atoms with Gasteiger partial charge in [0.05, 0.1) is 5.66 Å². The predicted octanol–water partition coefficient (Wildman–Crippen LogP) is 3.22. The average Bonchev–Trinajstić information content (AvgIpc) is 3.29. The zero-order chi connectivity index (χ0) is 19.4. The molecule has 0 N–H and O–H groups in total. The molecule has 3 aliphatic rings. The third-order valence-electron chi connectivity index (χ3n) is 6.55. The molecule has 4 rings (SSSR count). The van der Waals surface area contributed by atoms with Crippen LogP contribution in [0.2, 0.25) is 0 Å². The fourth-order valence-corrected chi connectivity index (χ4v) is 4.99. The number of carbonyl (C=O) groups is 2. The topological polar surface area (TPSA) is 53.1 Å². The zero-order valence-electron chi connectivity index (χ0n) is 16.6. The summed E-state index contributed by atoms with van der Waals surface area (Å²) in [7, 11) is 0. The van der Waals surface area contributed by atoms with E-state index in [1.54, 1.807) is 0 Å². The molecule has 6 heteroatoms. The van der Waals surface area contributed by atoms with Gasteiger partial charge in [0.25, 0.3) is 0 Å². The van der Waals surface area contributed by atoms with Crippen molar-refractivity contribution in [2.75, 3.05) is 32.7 Å². The van der Waals surface area contributed by atoms with Crippen molar-refractivity contribution < 1.29 is 14.3 Å². The maximum atomic E-state index is 12.7. The summed E-state index contributed by atoms with van der Waals surface area (Å²) in [4.78, 5) is 31.8. The van der Waals surface area contributed by atoms with Crippen molar-refractivity contribution in [3.63, 3.8) is 0 Å². The Balaban J connectivity index is 1.40. The average molecular weight is 386 g/mol. The van der Waals surface area contributed by atoms with E-state index in [9.17, 15) is 9.59 Å². The fourth-order valence-electron chi connectivity index (χ4n) is 4.99. The minimum absolute atomic E-state index is 0.204. The minimum Gasteiger partial charge on any atom is -0.445 e. The Bertz CT molecular complexity index is 680. The highest BCUT2D eigenvalue weighted by Gasteiger charge is 2.48. The normalized spacial score (nSPS) is 23.1. The Morgan fingerprint density at radius 3 is 2.29 bits per heavy atom. The van der Waals surface area contributed by atoms with Gasteiger partial charge in [-0.05, 0) is 31.2 Å². The number of rotatable bonds is 4. The number of nitrogens with zero attached hydrogens (tertiary/aromatic N) is 3. The maximum absolute atomic E-state index is 12.7. The van der Waals surface area contributed by atoms with Gasteiger partial charge in [0.2, 0.25) is 5.91 Å². The summed E-state index contributed by atoms with van der Waals surface area (Å²) >= 11 is 0. The van der Waals surface area contributed by atoms with Crippen molar-refractivity contribution in [1.29, 1.82) is 0 Å². The SMILES string of the molecule is O=C(OCc1ccccc1)N1CCC(N2CCCC2)(N2CCCCC2=O)CC1. The number of benzene rings is 1. The lowest BCUT2D eigenvalue weighted by atomic mass is 9.90. The second kappa shape index (κ2) is 8.52. The molecule has 0 atom stereocenters. The van der Waals surface area contributed by atoms with E-state index in [1.807, 2.05) is 35.2 Å². The Kier molecular flexibility index (Phi) is 5.85. The molecular formula is C22H31N3O3. The molecule has 28 heavy (non-hydrogen) atoms. The molecule has 0 spiro atoms. The van der Waals surface area contributed by atoms with E-state index in [0.29, 0.717) is 32.0 Å². The molecule has 1 aromatic rings. The van der Waals surface area contributed by atoms with Crippen LogP contribution in [-0.4, -0.2) is 65.1 Å². The third kappa shape index (κ3) is 3.88. The minimum atomic E-state index is -0.246. The Hall–Kier alpha value is -2.08. The van der Waals surface area contributed by atoms with Gasteiger partial charge in [-0.3, -0.25) is 9.69 Å². The highest BCUT2D eigenvalue weighted by atomic mass is 16.6. The van der Waals surface area contributed by atoms with Crippen LogP contribution in [0.15, 0.2) is 30.3 Å². The number of hydrogen-bond donors (Lipinski definition) is 0. The van der Waals surface area contributed by atoms with Crippen molar-refractivity contribution in [1.82, 2.24) is 14.7 Å². The van der Waals surface area contributed by atoms with Gasteiger partial charge in [0.15, 0.2) is 0 Å². The predicted molar refractivity (Wildman–Crippen MR) is 107 cm³/mol. The summed E-state index contributed by atoms with van der Waals surface area (Å²) in [5.74, 6) is 0.290. The van der Waals surface area contributed by atoms with Gasteiger partial charge < -0.3 is 14.5 Å². The fraction of sp³-hybridized carbons (Fsp3) is 0.636. The van der Waals surface area contributed by atoms with Crippen LogP contribution >= 0.6 is 0 Å². The summed E-state index contributed by atoms with van der Waals surface area (Å²) in [5, 5.41) is 0. The van der Waals surface area contributed by atoms with Gasteiger partial charge in [-0.2, -0.15) is 0 Å². The summed E-state index contributed by atoms with van der Waals surface area (Å²) in [5.41, 5.74) is 0.794. The second-order valence-electron chi connectivity index (χ2n) is 8.21. The first-order valence-corrected chi connectivity index (χ1v) is 10.7. The smallest absolute Gasteiger partial charge is 0.410 e. The lowest BCUT2D eigenvalue weighted by Gasteiger charge is -2.54. The second-order valence-corrected chi connectivity index (χ2v) is 8.21. The number of hydrogen-bond acceptors (Lipinski definition) is 4. The standard InChI is InChI=1S/C22H31N3O3/c26-20-10-4-5-15-25(20)22(24-13-6-7-14-24)11-16-23(17-12-22)21(27)28-18-19-8-2-1-3-9-19/h1-3,8-9H,4-7,10-18H2. The highest BCUT2D eigenvalue weighted by molar-refractivity contribution is 5.77. The van der Waals surface area contributed by atoms with E-state index in [2.05, 4.69) is 9.80 Å². The summed E-state index contributed by atoms with van der Waals surface area (Å²) in [6.45, 7) is 4.57. The largest absolute Gasteiger partial charge is 0.445 e. The lowest BCUT2D eigenvalue weighted by Crippen LogP contribution is -2.66. The molecule has 0 aromatic heterocycles.